The van der Waals surface area contributed by atoms with E-state index in [9.17, 15) is 4.79 Å². The molecule has 0 aliphatic rings. The summed E-state index contributed by atoms with van der Waals surface area (Å²) in [7, 11) is 1.58. The lowest BCUT2D eigenvalue weighted by molar-refractivity contribution is -0.145. The lowest BCUT2D eigenvalue weighted by atomic mass is 10.2. The summed E-state index contributed by atoms with van der Waals surface area (Å²) in [4.78, 5) is 11.3. The highest BCUT2D eigenvalue weighted by Gasteiger charge is 2.09. The van der Waals surface area contributed by atoms with Crippen LogP contribution < -0.4 is 14.8 Å². The second kappa shape index (κ2) is 9.20. The predicted octanol–water partition coefficient (Wildman–Crippen LogP) is 2.14. The maximum Gasteiger partial charge on any atom is 0.344 e. The van der Waals surface area contributed by atoms with E-state index in [0.717, 1.165) is 25.1 Å². The van der Waals surface area contributed by atoms with E-state index in [1.165, 1.54) is 0 Å². The Bertz CT molecular complexity index is 420. The Kier molecular flexibility index (Phi) is 7.50. The van der Waals surface area contributed by atoms with Gasteiger partial charge < -0.3 is 19.5 Å². The Labute approximate surface area is 120 Å². The molecule has 0 aliphatic heterocycles. The van der Waals surface area contributed by atoms with Crippen LogP contribution in [0.25, 0.3) is 0 Å². The van der Waals surface area contributed by atoms with Gasteiger partial charge >= 0.3 is 5.97 Å². The van der Waals surface area contributed by atoms with Crippen LogP contribution in [0.3, 0.4) is 0 Å². The summed E-state index contributed by atoms with van der Waals surface area (Å²) in [5.41, 5.74) is 1.11. The van der Waals surface area contributed by atoms with Gasteiger partial charge in [-0.2, -0.15) is 0 Å². The van der Waals surface area contributed by atoms with Gasteiger partial charge in [0, 0.05) is 6.54 Å². The Morgan fingerprint density at radius 2 is 2.05 bits per heavy atom. The smallest absolute Gasteiger partial charge is 0.344 e. The van der Waals surface area contributed by atoms with Crippen LogP contribution in [0.2, 0.25) is 0 Å². The maximum absolute atomic E-state index is 11.3. The van der Waals surface area contributed by atoms with Gasteiger partial charge in [-0.15, -0.1) is 0 Å². The molecular formula is C15H23NO4. The number of carbonyl (C=O) groups excluding carboxylic acids is 1. The number of rotatable bonds is 9. The van der Waals surface area contributed by atoms with Gasteiger partial charge in [0.2, 0.25) is 0 Å². The summed E-state index contributed by atoms with van der Waals surface area (Å²) in [6.45, 7) is 5.88. The van der Waals surface area contributed by atoms with Gasteiger partial charge in [-0.1, -0.05) is 13.0 Å². The number of methoxy groups -OCH3 is 1. The van der Waals surface area contributed by atoms with Crippen LogP contribution in [-0.4, -0.2) is 32.8 Å². The van der Waals surface area contributed by atoms with Crippen molar-refractivity contribution >= 4 is 5.97 Å². The Morgan fingerprint density at radius 3 is 2.70 bits per heavy atom. The SMILES string of the molecule is CCCNCc1ccc(OCC(=O)OCC)c(OC)c1. The molecule has 0 spiro atoms. The van der Waals surface area contributed by atoms with Crippen molar-refractivity contribution in [2.24, 2.45) is 0 Å². The first kappa shape index (κ1) is 16.3. The topological polar surface area (TPSA) is 56.8 Å². The van der Waals surface area contributed by atoms with Gasteiger partial charge in [-0.25, -0.2) is 4.79 Å². The van der Waals surface area contributed by atoms with Crippen molar-refractivity contribution in [1.82, 2.24) is 5.32 Å². The highest BCUT2D eigenvalue weighted by atomic mass is 16.6. The van der Waals surface area contributed by atoms with Crippen LogP contribution in [0.15, 0.2) is 18.2 Å². The van der Waals surface area contributed by atoms with E-state index in [1.54, 1.807) is 20.1 Å². The summed E-state index contributed by atoms with van der Waals surface area (Å²) in [5, 5.41) is 3.32. The number of benzene rings is 1. The fourth-order valence-corrected chi connectivity index (χ4v) is 1.69. The molecule has 0 aliphatic carbocycles. The molecule has 1 N–H and O–H groups in total. The molecule has 0 saturated heterocycles. The molecule has 1 rings (SSSR count). The average molecular weight is 281 g/mol. The van der Waals surface area contributed by atoms with Crippen molar-refractivity contribution in [3.63, 3.8) is 0 Å². The largest absolute Gasteiger partial charge is 0.493 e. The van der Waals surface area contributed by atoms with Crippen molar-refractivity contribution in [2.45, 2.75) is 26.8 Å². The molecular weight excluding hydrogens is 258 g/mol. The van der Waals surface area contributed by atoms with E-state index >= 15 is 0 Å². The number of nitrogens with one attached hydrogen (secondary N) is 1. The molecule has 112 valence electrons. The van der Waals surface area contributed by atoms with Crippen LogP contribution in [0.1, 0.15) is 25.8 Å². The van der Waals surface area contributed by atoms with E-state index in [1.807, 2.05) is 12.1 Å². The minimum atomic E-state index is -0.386. The molecule has 20 heavy (non-hydrogen) atoms. The van der Waals surface area contributed by atoms with Crippen molar-refractivity contribution in [2.75, 3.05) is 26.9 Å². The van der Waals surface area contributed by atoms with Crippen molar-refractivity contribution < 1.29 is 19.0 Å². The number of hydrogen-bond acceptors (Lipinski definition) is 5. The first-order chi connectivity index (χ1) is 9.71. The molecule has 1 aromatic carbocycles. The normalized spacial score (nSPS) is 10.2. The quantitative estimate of drug-likeness (QED) is 0.555. The van der Waals surface area contributed by atoms with Gasteiger partial charge in [0.05, 0.1) is 13.7 Å². The zero-order valence-corrected chi connectivity index (χ0v) is 12.4. The molecule has 0 heterocycles. The average Bonchev–Trinajstić information content (AvgIpc) is 2.46. The monoisotopic (exact) mass is 281 g/mol. The lowest BCUT2D eigenvalue weighted by Crippen LogP contribution is -2.15. The van der Waals surface area contributed by atoms with E-state index in [2.05, 4.69) is 12.2 Å². The number of carbonyl (C=O) groups is 1. The molecule has 1 aromatic rings. The van der Waals surface area contributed by atoms with Crippen molar-refractivity contribution in [3.05, 3.63) is 23.8 Å². The highest BCUT2D eigenvalue weighted by Crippen LogP contribution is 2.28. The molecule has 0 aromatic heterocycles. The van der Waals surface area contributed by atoms with E-state index in [-0.39, 0.29) is 12.6 Å². The molecule has 5 heteroatoms. The van der Waals surface area contributed by atoms with E-state index in [4.69, 9.17) is 14.2 Å². The van der Waals surface area contributed by atoms with E-state index in [0.29, 0.717) is 18.1 Å². The molecule has 0 fully saturated rings. The molecule has 5 nitrogen and oxygen atoms in total. The summed E-state index contributed by atoms with van der Waals surface area (Å²) in [6.07, 6.45) is 1.10. The fourth-order valence-electron chi connectivity index (χ4n) is 1.69. The molecule has 0 radical (unpaired) electrons. The maximum atomic E-state index is 11.3. The number of ether oxygens (including phenoxy) is 3. The Hall–Kier alpha value is -1.75. The summed E-state index contributed by atoms with van der Waals surface area (Å²) in [5.74, 6) is 0.771. The van der Waals surface area contributed by atoms with E-state index < -0.39 is 0 Å². The lowest BCUT2D eigenvalue weighted by Gasteiger charge is -2.12. The number of hydrogen-bond donors (Lipinski definition) is 1. The number of esters is 1. The highest BCUT2D eigenvalue weighted by molar-refractivity contribution is 5.71. The summed E-state index contributed by atoms with van der Waals surface area (Å²) < 4.78 is 15.5. The third kappa shape index (κ3) is 5.48. The van der Waals surface area contributed by atoms with Crippen LogP contribution in [0.4, 0.5) is 0 Å². The van der Waals surface area contributed by atoms with Gasteiger partial charge in [0.1, 0.15) is 0 Å². The van der Waals surface area contributed by atoms with Gasteiger partial charge in [0.15, 0.2) is 18.1 Å². The minimum Gasteiger partial charge on any atom is -0.493 e. The minimum absolute atomic E-state index is 0.113. The molecule has 0 amide bonds. The molecule has 0 unspecified atom stereocenters. The second-order valence-corrected chi connectivity index (χ2v) is 4.26. The van der Waals surface area contributed by atoms with Crippen molar-refractivity contribution in [3.8, 4) is 11.5 Å². The van der Waals surface area contributed by atoms with Crippen LogP contribution in [0, 0.1) is 0 Å². The molecule has 0 atom stereocenters. The molecule has 0 saturated carbocycles. The van der Waals surface area contributed by atoms with Crippen LogP contribution >= 0.6 is 0 Å². The third-order valence-electron chi connectivity index (χ3n) is 2.63. The fraction of sp³-hybridized carbons (Fsp3) is 0.533. The first-order valence-corrected chi connectivity index (χ1v) is 6.87. The third-order valence-corrected chi connectivity index (χ3v) is 2.63. The van der Waals surface area contributed by atoms with Crippen LogP contribution in [0.5, 0.6) is 11.5 Å². The summed E-state index contributed by atoms with van der Waals surface area (Å²) >= 11 is 0. The second-order valence-electron chi connectivity index (χ2n) is 4.26. The zero-order valence-electron chi connectivity index (χ0n) is 12.4. The zero-order chi connectivity index (χ0) is 14.8. The predicted molar refractivity (Wildman–Crippen MR) is 77.1 cm³/mol. The van der Waals surface area contributed by atoms with Crippen molar-refractivity contribution in [1.29, 1.82) is 0 Å². The van der Waals surface area contributed by atoms with Gasteiger partial charge in [-0.3, -0.25) is 0 Å². The van der Waals surface area contributed by atoms with Crippen LogP contribution in [-0.2, 0) is 16.1 Å². The van der Waals surface area contributed by atoms with Gasteiger partial charge in [-0.05, 0) is 37.6 Å². The summed E-state index contributed by atoms with van der Waals surface area (Å²) in [6, 6.07) is 5.66. The standard InChI is InChI=1S/C15H23NO4/c1-4-8-16-10-12-6-7-13(14(9-12)18-3)20-11-15(17)19-5-2/h6-7,9,16H,4-5,8,10-11H2,1-3H3. The van der Waals surface area contributed by atoms with Gasteiger partial charge in [0.25, 0.3) is 0 Å². The molecule has 0 bridgehead atoms. The first-order valence-electron chi connectivity index (χ1n) is 6.87. The Morgan fingerprint density at radius 1 is 1.25 bits per heavy atom. The Balaban J connectivity index is 2.60.